The van der Waals surface area contributed by atoms with Gasteiger partial charge in [0.25, 0.3) is 10.0 Å². The van der Waals surface area contributed by atoms with Gasteiger partial charge in [-0.15, -0.1) is 16.2 Å². The zero-order chi connectivity index (χ0) is 22.1. The van der Waals surface area contributed by atoms with Crippen LogP contribution in [0.25, 0.3) is 0 Å². The molecular formula is C21H23ClN4O2S2. The smallest absolute Gasteiger partial charge is 0.286 e. The normalized spacial score (nSPS) is 12.4. The van der Waals surface area contributed by atoms with Gasteiger partial charge in [0, 0.05) is 21.4 Å². The number of thioether (sulfide) groups is 1. The molecule has 0 aliphatic rings. The predicted octanol–water partition coefficient (Wildman–Crippen LogP) is 4.61. The summed E-state index contributed by atoms with van der Waals surface area (Å²) in [6.45, 7) is 7.31. The van der Waals surface area contributed by atoms with Crippen molar-refractivity contribution in [2.45, 2.75) is 43.2 Å². The van der Waals surface area contributed by atoms with E-state index in [-0.39, 0.29) is 10.9 Å². The average molecular weight is 463 g/mol. The number of hydrogen-bond acceptors (Lipinski definition) is 4. The van der Waals surface area contributed by atoms with Crippen LogP contribution in [0.4, 0.5) is 0 Å². The van der Waals surface area contributed by atoms with E-state index in [1.54, 1.807) is 13.0 Å². The second-order valence-corrected chi connectivity index (χ2v) is 9.95. The van der Waals surface area contributed by atoms with Crippen LogP contribution < -0.4 is 5.73 Å². The van der Waals surface area contributed by atoms with Crippen molar-refractivity contribution in [3.05, 3.63) is 75.6 Å². The molecular weight excluding hydrogens is 440 g/mol. The van der Waals surface area contributed by atoms with Crippen molar-refractivity contribution in [3.63, 3.8) is 0 Å². The molecule has 0 aliphatic heterocycles. The van der Waals surface area contributed by atoms with Crippen LogP contribution in [-0.2, 0) is 15.8 Å². The van der Waals surface area contributed by atoms with Crippen molar-refractivity contribution in [1.29, 1.82) is 0 Å². The van der Waals surface area contributed by atoms with Crippen LogP contribution in [0.15, 0.2) is 56.7 Å². The highest BCUT2D eigenvalue weighted by Gasteiger charge is 2.22. The molecule has 1 aromatic heterocycles. The van der Waals surface area contributed by atoms with E-state index < -0.39 is 10.0 Å². The minimum atomic E-state index is -4.08. The van der Waals surface area contributed by atoms with Crippen molar-refractivity contribution >= 4 is 39.3 Å². The number of rotatable bonds is 5. The van der Waals surface area contributed by atoms with Gasteiger partial charge in [-0.2, -0.15) is 13.5 Å². The number of nitrogens with zero attached hydrogens (tertiary/aromatic N) is 3. The Balaban J connectivity index is 2.02. The molecule has 0 bridgehead atoms. The van der Waals surface area contributed by atoms with E-state index in [4.69, 9.17) is 17.3 Å². The lowest BCUT2D eigenvalue weighted by atomic mass is 10.2. The molecule has 0 fully saturated rings. The SMILES string of the molecule is Cc1cc(S(=O)(=O)/N=C(\N)n2nc(C)c(C)c2C)c(SCc2ccccc2)cc1Cl. The molecule has 0 saturated heterocycles. The molecule has 2 aromatic carbocycles. The fraction of sp³-hybridized carbons (Fsp3) is 0.238. The minimum absolute atomic E-state index is 0.0755. The Morgan fingerprint density at radius 2 is 1.83 bits per heavy atom. The number of sulfonamides is 1. The predicted molar refractivity (Wildman–Crippen MR) is 123 cm³/mol. The molecule has 6 nitrogen and oxygen atoms in total. The van der Waals surface area contributed by atoms with Gasteiger partial charge in [0.15, 0.2) is 0 Å². The van der Waals surface area contributed by atoms with E-state index in [2.05, 4.69) is 9.50 Å². The maximum atomic E-state index is 13.1. The Labute approximate surface area is 186 Å². The van der Waals surface area contributed by atoms with Crippen LogP contribution in [-0.4, -0.2) is 24.2 Å². The molecule has 0 aliphatic carbocycles. The number of hydrogen-bond donors (Lipinski definition) is 1. The Kier molecular flexibility index (Phi) is 6.59. The molecule has 9 heteroatoms. The van der Waals surface area contributed by atoms with Crippen LogP contribution in [0.1, 0.15) is 28.1 Å². The van der Waals surface area contributed by atoms with E-state index in [9.17, 15) is 8.42 Å². The van der Waals surface area contributed by atoms with Gasteiger partial charge >= 0.3 is 0 Å². The second kappa shape index (κ2) is 8.83. The van der Waals surface area contributed by atoms with Crippen molar-refractivity contribution in [2.75, 3.05) is 0 Å². The van der Waals surface area contributed by atoms with E-state index >= 15 is 0 Å². The molecule has 30 heavy (non-hydrogen) atoms. The van der Waals surface area contributed by atoms with Crippen molar-refractivity contribution in [3.8, 4) is 0 Å². The van der Waals surface area contributed by atoms with Gasteiger partial charge in [0.05, 0.1) is 5.69 Å². The van der Waals surface area contributed by atoms with Crippen LogP contribution in [0, 0.1) is 27.7 Å². The van der Waals surface area contributed by atoms with Crippen LogP contribution in [0.5, 0.6) is 0 Å². The Bertz CT molecular complexity index is 1220. The monoisotopic (exact) mass is 462 g/mol. The van der Waals surface area contributed by atoms with Gasteiger partial charge < -0.3 is 5.73 Å². The lowest BCUT2D eigenvalue weighted by Gasteiger charge is -2.11. The molecule has 0 amide bonds. The Hall–Kier alpha value is -2.29. The first-order valence-electron chi connectivity index (χ1n) is 9.20. The number of benzene rings is 2. The molecule has 0 atom stereocenters. The first-order chi connectivity index (χ1) is 14.1. The van der Waals surface area contributed by atoms with Gasteiger partial charge in [-0.05, 0) is 56.5 Å². The summed E-state index contributed by atoms with van der Waals surface area (Å²) in [5, 5.41) is 4.78. The zero-order valence-corrected chi connectivity index (χ0v) is 19.6. The fourth-order valence-corrected chi connectivity index (χ4v) is 5.54. The molecule has 0 saturated carbocycles. The summed E-state index contributed by atoms with van der Waals surface area (Å²) >= 11 is 7.66. The largest absolute Gasteiger partial charge is 0.367 e. The second-order valence-electron chi connectivity index (χ2n) is 6.95. The molecule has 0 unspecified atom stereocenters. The number of aryl methyl sites for hydroxylation is 2. The highest BCUT2D eigenvalue weighted by molar-refractivity contribution is 7.99. The molecule has 3 rings (SSSR count). The molecule has 3 aromatic rings. The summed E-state index contributed by atoms with van der Waals surface area (Å²) in [6, 6.07) is 13.0. The van der Waals surface area contributed by atoms with Gasteiger partial charge in [0.2, 0.25) is 5.96 Å². The van der Waals surface area contributed by atoms with Gasteiger partial charge in [-0.3, -0.25) is 0 Å². The van der Waals surface area contributed by atoms with Crippen LogP contribution in [0.3, 0.4) is 0 Å². The van der Waals surface area contributed by atoms with E-state index in [0.717, 1.165) is 22.5 Å². The first-order valence-corrected chi connectivity index (χ1v) is 12.0. The Morgan fingerprint density at radius 1 is 1.17 bits per heavy atom. The lowest BCUT2D eigenvalue weighted by Crippen LogP contribution is -2.26. The third kappa shape index (κ3) is 4.71. The molecule has 0 spiro atoms. The van der Waals surface area contributed by atoms with Crippen LogP contribution in [0.2, 0.25) is 5.02 Å². The summed E-state index contributed by atoms with van der Waals surface area (Å²) in [7, 11) is -4.08. The van der Waals surface area contributed by atoms with Crippen molar-refractivity contribution in [2.24, 2.45) is 10.1 Å². The topological polar surface area (TPSA) is 90.3 Å². The maximum absolute atomic E-state index is 13.1. The highest BCUT2D eigenvalue weighted by atomic mass is 35.5. The zero-order valence-electron chi connectivity index (χ0n) is 17.2. The number of nitrogens with two attached hydrogens (primary N) is 1. The summed E-state index contributed by atoms with van der Waals surface area (Å²) in [5.74, 6) is 0.397. The summed E-state index contributed by atoms with van der Waals surface area (Å²) in [6.07, 6.45) is 0. The molecule has 1 heterocycles. The van der Waals surface area contributed by atoms with Gasteiger partial charge in [-0.1, -0.05) is 41.9 Å². The number of aromatic nitrogens is 2. The van der Waals surface area contributed by atoms with Crippen molar-refractivity contribution < 1.29 is 8.42 Å². The number of halogens is 1. The van der Waals surface area contributed by atoms with Crippen LogP contribution >= 0.6 is 23.4 Å². The highest BCUT2D eigenvalue weighted by Crippen LogP contribution is 2.34. The Morgan fingerprint density at radius 3 is 2.43 bits per heavy atom. The van der Waals surface area contributed by atoms with E-state index in [1.807, 2.05) is 51.1 Å². The van der Waals surface area contributed by atoms with E-state index in [1.165, 1.54) is 22.5 Å². The third-order valence-corrected chi connectivity index (χ3v) is 7.81. The average Bonchev–Trinajstić information content (AvgIpc) is 2.96. The summed E-state index contributed by atoms with van der Waals surface area (Å²) in [5.41, 5.74) is 10.2. The summed E-state index contributed by atoms with van der Waals surface area (Å²) < 4.78 is 31.5. The molecule has 158 valence electrons. The van der Waals surface area contributed by atoms with E-state index in [0.29, 0.717) is 21.2 Å². The minimum Gasteiger partial charge on any atom is -0.367 e. The third-order valence-electron chi connectivity index (χ3n) is 4.82. The lowest BCUT2D eigenvalue weighted by molar-refractivity contribution is 0.595. The maximum Gasteiger partial charge on any atom is 0.286 e. The van der Waals surface area contributed by atoms with Gasteiger partial charge in [0.1, 0.15) is 4.90 Å². The summed E-state index contributed by atoms with van der Waals surface area (Å²) in [4.78, 5) is 0.599. The molecule has 2 N–H and O–H groups in total. The quantitative estimate of drug-likeness (QED) is 0.339. The van der Waals surface area contributed by atoms with Gasteiger partial charge in [-0.25, -0.2) is 4.68 Å². The first kappa shape index (κ1) is 22.4. The van der Waals surface area contributed by atoms with Crippen molar-refractivity contribution in [1.82, 2.24) is 9.78 Å². The fourth-order valence-electron chi connectivity index (χ4n) is 2.84. The molecule has 0 radical (unpaired) electrons. The standard InChI is InChI=1S/C21H23ClN4O2S2/c1-13-10-20(19(11-18(13)22)29-12-17-8-6-5-7-9-17)30(27,28)25-21(23)26-16(4)14(2)15(3)24-26/h5-11H,12H2,1-4H3,(H2,23,25).